The summed E-state index contributed by atoms with van der Waals surface area (Å²) in [6.07, 6.45) is 3.99. The molecule has 10 heteroatoms. The zero-order valence-corrected chi connectivity index (χ0v) is 20.0. The lowest BCUT2D eigenvalue weighted by molar-refractivity contribution is 0.174. The van der Waals surface area contributed by atoms with Gasteiger partial charge in [-0.05, 0) is 61.9 Å². The van der Waals surface area contributed by atoms with E-state index in [0.717, 1.165) is 42.4 Å². The van der Waals surface area contributed by atoms with Crippen molar-refractivity contribution in [1.29, 1.82) is 0 Å². The first-order chi connectivity index (χ1) is 16.5. The lowest BCUT2D eigenvalue weighted by atomic mass is 9.95. The molecule has 0 atom stereocenters. The Morgan fingerprint density at radius 1 is 1.03 bits per heavy atom. The lowest BCUT2D eigenvalue weighted by Gasteiger charge is -2.29. The van der Waals surface area contributed by atoms with E-state index in [1.807, 2.05) is 43.3 Å². The smallest absolute Gasteiger partial charge is 0.329 e. The van der Waals surface area contributed by atoms with Crippen LogP contribution in [0.4, 0.5) is 22.2 Å². The first-order valence-electron chi connectivity index (χ1n) is 11.4. The van der Waals surface area contributed by atoms with Crippen LogP contribution < -0.4 is 29.7 Å². The van der Waals surface area contributed by atoms with Crippen LogP contribution in [0.25, 0.3) is 10.9 Å². The molecule has 1 fully saturated rings. The molecule has 1 aromatic heterocycles. The van der Waals surface area contributed by atoms with Gasteiger partial charge in [-0.25, -0.2) is 9.78 Å². The summed E-state index contributed by atoms with van der Waals surface area (Å²) in [5.74, 6) is 2.91. The number of benzene rings is 2. The second-order valence-electron chi connectivity index (χ2n) is 8.64. The number of para-hydroxylation sites is 1. The topological polar surface area (TPSA) is 101 Å². The van der Waals surface area contributed by atoms with Crippen molar-refractivity contribution in [3.63, 3.8) is 0 Å². The third kappa shape index (κ3) is 5.06. The second kappa shape index (κ2) is 9.84. The third-order valence-corrected chi connectivity index (χ3v) is 7.07. The number of hydrogen-bond acceptors (Lipinski definition) is 8. The zero-order chi connectivity index (χ0) is 23.5. The molecule has 0 unspecified atom stereocenters. The van der Waals surface area contributed by atoms with Crippen LogP contribution in [0, 0.1) is 0 Å². The molecular formula is C24H28N6O3S. The Kier molecular flexibility index (Phi) is 6.48. The van der Waals surface area contributed by atoms with Gasteiger partial charge in [0.05, 0.1) is 5.52 Å². The molecule has 1 aliphatic heterocycles. The summed E-state index contributed by atoms with van der Waals surface area (Å²) < 4.78 is 13.6. The monoisotopic (exact) mass is 480 g/mol. The Morgan fingerprint density at radius 2 is 1.82 bits per heavy atom. The average molecular weight is 481 g/mol. The summed E-state index contributed by atoms with van der Waals surface area (Å²) in [6, 6.07) is 13.5. The van der Waals surface area contributed by atoms with E-state index < -0.39 is 0 Å². The van der Waals surface area contributed by atoms with Gasteiger partial charge in [0.15, 0.2) is 11.5 Å². The molecule has 178 valence electrons. The predicted octanol–water partition coefficient (Wildman–Crippen LogP) is 4.62. The minimum absolute atomic E-state index is 0.210. The summed E-state index contributed by atoms with van der Waals surface area (Å²) >= 11 is 1.48. The SMILES string of the molecule is CN(C)c1nc(NC2CCC(SNC(=O)Nc3ccc4c(c3)OCO4)CC2)nc2ccccc12. The van der Waals surface area contributed by atoms with Crippen molar-refractivity contribution in [2.45, 2.75) is 37.0 Å². The van der Waals surface area contributed by atoms with E-state index in [1.54, 1.807) is 18.2 Å². The van der Waals surface area contributed by atoms with Crippen LogP contribution >= 0.6 is 11.9 Å². The van der Waals surface area contributed by atoms with Crippen molar-refractivity contribution >= 4 is 46.3 Å². The molecule has 34 heavy (non-hydrogen) atoms. The van der Waals surface area contributed by atoms with Crippen LogP contribution in [0.1, 0.15) is 25.7 Å². The number of amides is 2. The quantitative estimate of drug-likeness (QED) is 0.440. The largest absolute Gasteiger partial charge is 0.454 e. The lowest BCUT2D eigenvalue weighted by Crippen LogP contribution is -2.31. The molecule has 1 aliphatic carbocycles. The Labute approximate surface area is 202 Å². The van der Waals surface area contributed by atoms with Gasteiger partial charge in [-0.2, -0.15) is 4.98 Å². The number of carbonyl (C=O) groups is 1. The number of rotatable bonds is 6. The van der Waals surface area contributed by atoms with Gasteiger partial charge >= 0.3 is 6.03 Å². The highest BCUT2D eigenvalue weighted by molar-refractivity contribution is 7.98. The number of nitrogens with zero attached hydrogens (tertiary/aromatic N) is 3. The van der Waals surface area contributed by atoms with Gasteiger partial charge in [-0.1, -0.05) is 12.1 Å². The van der Waals surface area contributed by atoms with Crippen LogP contribution in [0.2, 0.25) is 0 Å². The van der Waals surface area contributed by atoms with Crippen molar-refractivity contribution < 1.29 is 14.3 Å². The van der Waals surface area contributed by atoms with Gasteiger partial charge in [0.1, 0.15) is 5.82 Å². The molecule has 5 rings (SSSR count). The average Bonchev–Trinajstić information content (AvgIpc) is 3.31. The number of carbonyl (C=O) groups excluding carboxylic acids is 1. The maximum Gasteiger partial charge on any atom is 0.329 e. The van der Waals surface area contributed by atoms with Gasteiger partial charge in [0.25, 0.3) is 0 Å². The fourth-order valence-corrected chi connectivity index (χ4v) is 5.07. The van der Waals surface area contributed by atoms with Crippen molar-refractivity contribution in [3.8, 4) is 11.5 Å². The fraction of sp³-hybridized carbons (Fsp3) is 0.375. The van der Waals surface area contributed by atoms with Gasteiger partial charge in [0.2, 0.25) is 12.7 Å². The molecule has 2 amide bonds. The minimum atomic E-state index is -0.245. The van der Waals surface area contributed by atoms with Crippen LogP contribution in [-0.4, -0.2) is 48.2 Å². The first kappa shape index (κ1) is 22.4. The zero-order valence-electron chi connectivity index (χ0n) is 19.2. The highest BCUT2D eigenvalue weighted by Gasteiger charge is 2.23. The molecule has 0 spiro atoms. The Morgan fingerprint density at radius 3 is 2.65 bits per heavy atom. The number of urea groups is 1. The molecular weight excluding hydrogens is 452 g/mol. The maximum atomic E-state index is 12.3. The van der Waals surface area contributed by atoms with E-state index in [-0.39, 0.29) is 12.8 Å². The first-order valence-corrected chi connectivity index (χ1v) is 12.3. The number of fused-ring (bicyclic) bond motifs is 2. The fourth-order valence-electron chi connectivity index (χ4n) is 4.24. The third-order valence-electron chi connectivity index (χ3n) is 5.96. The number of hydrogen-bond donors (Lipinski definition) is 3. The Hall–Kier alpha value is -3.40. The molecule has 9 nitrogen and oxygen atoms in total. The van der Waals surface area contributed by atoms with Crippen LogP contribution in [0.5, 0.6) is 11.5 Å². The van der Waals surface area contributed by atoms with Crippen molar-refractivity contribution in [3.05, 3.63) is 42.5 Å². The van der Waals surface area contributed by atoms with E-state index in [2.05, 4.69) is 15.4 Å². The molecule has 3 N–H and O–H groups in total. The van der Waals surface area contributed by atoms with E-state index in [4.69, 9.17) is 19.4 Å². The van der Waals surface area contributed by atoms with Gasteiger partial charge in [-0.15, -0.1) is 0 Å². The second-order valence-corrected chi connectivity index (χ2v) is 9.75. The molecule has 0 bridgehead atoms. The summed E-state index contributed by atoms with van der Waals surface area (Å²) in [7, 11) is 3.99. The number of nitrogens with one attached hydrogen (secondary N) is 3. The van der Waals surface area contributed by atoms with Crippen molar-refractivity contribution in [1.82, 2.24) is 14.7 Å². The van der Waals surface area contributed by atoms with E-state index in [1.165, 1.54) is 11.9 Å². The standard InChI is InChI=1S/C24H28N6O3S/c1-30(2)22-18-5-3-4-6-19(18)27-23(28-22)25-15-7-10-17(11-8-15)34-29-24(31)26-16-9-12-20-21(13-16)33-14-32-20/h3-6,9,12-13,15,17H,7-8,10-11,14H2,1-2H3,(H,25,27,28)(H2,26,29,31). The predicted molar refractivity (Wildman–Crippen MR) is 136 cm³/mol. The normalized spacial score (nSPS) is 19.0. The molecule has 0 radical (unpaired) electrons. The van der Waals surface area contributed by atoms with Crippen molar-refractivity contribution in [2.24, 2.45) is 0 Å². The van der Waals surface area contributed by atoms with Crippen molar-refractivity contribution in [2.75, 3.05) is 36.4 Å². The number of anilines is 3. The Bertz CT molecular complexity index is 1180. The maximum absolute atomic E-state index is 12.3. The summed E-state index contributed by atoms with van der Waals surface area (Å²) in [5.41, 5.74) is 1.60. The molecule has 2 aromatic carbocycles. The number of ether oxygens (including phenoxy) is 2. The summed E-state index contributed by atoms with van der Waals surface area (Å²) in [5, 5.41) is 7.78. The van der Waals surface area contributed by atoms with Gasteiger partial charge in [-0.3, -0.25) is 4.72 Å². The number of aromatic nitrogens is 2. The van der Waals surface area contributed by atoms with Crippen LogP contribution in [0.3, 0.4) is 0 Å². The molecule has 2 heterocycles. The molecule has 0 saturated heterocycles. The summed E-state index contributed by atoms with van der Waals surface area (Å²) in [4.78, 5) is 23.8. The molecule has 2 aliphatic rings. The van der Waals surface area contributed by atoms with Gasteiger partial charge < -0.3 is 25.0 Å². The van der Waals surface area contributed by atoms with E-state index >= 15 is 0 Å². The van der Waals surface area contributed by atoms with Gasteiger partial charge in [0, 0.05) is 42.5 Å². The summed E-state index contributed by atoms with van der Waals surface area (Å²) in [6.45, 7) is 0.210. The minimum Gasteiger partial charge on any atom is -0.454 e. The van der Waals surface area contributed by atoms with E-state index in [9.17, 15) is 4.79 Å². The van der Waals surface area contributed by atoms with Crippen LogP contribution in [-0.2, 0) is 0 Å². The molecule has 3 aromatic rings. The molecule has 1 saturated carbocycles. The highest BCUT2D eigenvalue weighted by atomic mass is 32.2. The van der Waals surface area contributed by atoms with Crippen LogP contribution in [0.15, 0.2) is 42.5 Å². The Balaban J connectivity index is 1.10. The van der Waals surface area contributed by atoms with E-state index in [0.29, 0.717) is 34.4 Å². The highest BCUT2D eigenvalue weighted by Crippen LogP contribution is 2.34.